The van der Waals surface area contributed by atoms with Crippen molar-refractivity contribution < 1.29 is 9.47 Å². The van der Waals surface area contributed by atoms with Crippen LogP contribution in [0.5, 0.6) is 0 Å². The van der Waals surface area contributed by atoms with E-state index in [1.54, 1.807) is 0 Å². The average Bonchev–Trinajstić information content (AvgIpc) is 2.79. The van der Waals surface area contributed by atoms with Crippen LogP contribution in [0.4, 0.5) is 0 Å². The summed E-state index contributed by atoms with van der Waals surface area (Å²) >= 11 is 0. The van der Waals surface area contributed by atoms with Gasteiger partial charge in [0.15, 0.2) is 11.8 Å². The van der Waals surface area contributed by atoms with E-state index < -0.39 is 11.1 Å². The largest absolute Gasteiger partial charge is 0.477 e. The van der Waals surface area contributed by atoms with Gasteiger partial charge in [-0.2, -0.15) is 0 Å². The van der Waals surface area contributed by atoms with E-state index in [0.29, 0.717) is 11.8 Å². The molecule has 2 N–H and O–H groups in total. The minimum absolute atomic E-state index is 0.0173. The molecule has 1 rings (SSSR count). The van der Waals surface area contributed by atoms with Crippen molar-refractivity contribution in [3.05, 3.63) is 109 Å². The molecule has 0 aromatic heterocycles. The molecule has 0 aliphatic rings. The fourth-order valence-corrected chi connectivity index (χ4v) is 3.98. The van der Waals surface area contributed by atoms with Crippen LogP contribution in [0.1, 0.15) is 92.2 Å². The predicted octanol–water partition coefficient (Wildman–Crippen LogP) is 8.91. The Morgan fingerprint density at radius 2 is 1.05 bits per heavy atom. The van der Waals surface area contributed by atoms with Crippen LogP contribution >= 0.6 is 0 Å². The Hall–Kier alpha value is -3.14. The Morgan fingerprint density at radius 3 is 1.37 bits per heavy atom. The molecule has 0 fully saturated rings. The molecule has 1 aromatic carbocycles. The molecule has 0 aliphatic carbocycles. The quantitative estimate of drug-likeness (QED) is 0.150. The maximum atomic E-state index is 6.05. The lowest BCUT2D eigenvalue weighted by atomic mass is 9.87. The number of hydrogen-bond acceptors (Lipinski definition) is 4. The zero-order valence-corrected chi connectivity index (χ0v) is 25.4. The van der Waals surface area contributed by atoms with Crippen LogP contribution in [0, 0.1) is 0 Å². The molecule has 0 saturated carbocycles. The van der Waals surface area contributed by atoms with E-state index in [4.69, 9.17) is 9.47 Å². The molecule has 4 nitrogen and oxygen atoms in total. The smallest absolute Gasteiger partial charge is 0.180 e. The fraction of sp³-hybridized carbons (Fsp3) is 0.471. The van der Waals surface area contributed by atoms with Crippen molar-refractivity contribution in [2.24, 2.45) is 0 Å². The molecule has 210 valence electrons. The lowest BCUT2D eigenvalue weighted by Crippen LogP contribution is -2.39. The standard InChI is InChI=1S/C34H52N2O2/c1-23(2)25(5)18-20-27(7)37-29(9)35-33(11,12)31-16-15-17-32(22-31)34(13,14)36-30(10)38-28(8)21-19-26(6)24(3)4/h15-17,22,27-28,35-36H,1,3,5-6,9-10,18-21H2,2,4,7-8,11-14H3. The van der Waals surface area contributed by atoms with Crippen LogP contribution in [0.15, 0.2) is 97.8 Å². The van der Waals surface area contributed by atoms with E-state index >= 15 is 0 Å². The molecule has 0 spiro atoms. The highest BCUT2D eigenvalue weighted by atomic mass is 16.5. The van der Waals surface area contributed by atoms with E-state index in [2.05, 4.69) is 102 Å². The summed E-state index contributed by atoms with van der Waals surface area (Å²) in [4.78, 5) is 0. The lowest BCUT2D eigenvalue weighted by molar-refractivity contribution is 0.0980. The van der Waals surface area contributed by atoms with Crippen molar-refractivity contribution in [2.45, 2.75) is 104 Å². The monoisotopic (exact) mass is 520 g/mol. The Kier molecular flexibility index (Phi) is 12.2. The summed E-state index contributed by atoms with van der Waals surface area (Å²) in [6, 6.07) is 8.49. The zero-order chi connectivity index (χ0) is 29.3. The molecule has 0 aliphatic heterocycles. The minimum atomic E-state index is -0.391. The van der Waals surface area contributed by atoms with Gasteiger partial charge in [-0.15, -0.1) is 0 Å². The first-order chi connectivity index (χ1) is 17.4. The molecule has 0 bridgehead atoms. The third-order valence-corrected chi connectivity index (χ3v) is 6.81. The molecular formula is C34H52N2O2. The van der Waals surface area contributed by atoms with Gasteiger partial charge in [0.25, 0.3) is 0 Å². The second-order valence-electron chi connectivity index (χ2n) is 11.6. The Morgan fingerprint density at radius 1 is 0.711 bits per heavy atom. The highest BCUT2D eigenvalue weighted by molar-refractivity contribution is 5.33. The van der Waals surface area contributed by atoms with Gasteiger partial charge in [0.2, 0.25) is 0 Å². The van der Waals surface area contributed by atoms with E-state index in [1.807, 2.05) is 27.7 Å². The van der Waals surface area contributed by atoms with Crippen LogP contribution in [0.2, 0.25) is 0 Å². The van der Waals surface area contributed by atoms with Crippen LogP contribution < -0.4 is 10.6 Å². The second kappa shape index (κ2) is 14.1. The number of nitrogens with one attached hydrogen (secondary N) is 2. The van der Waals surface area contributed by atoms with Gasteiger partial charge in [-0.3, -0.25) is 0 Å². The van der Waals surface area contributed by atoms with Crippen molar-refractivity contribution in [3.8, 4) is 0 Å². The molecule has 4 heteroatoms. The van der Waals surface area contributed by atoms with Crippen LogP contribution in [0.25, 0.3) is 0 Å². The van der Waals surface area contributed by atoms with E-state index in [1.165, 1.54) is 0 Å². The molecule has 0 saturated heterocycles. The summed E-state index contributed by atoms with van der Waals surface area (Å²) in [5.41, 5.74) is 5.61. The van der Waals surface area contributed by atoms with Crippen LogP contribution in [-0.4, -0.2) is 12.2 Å². The third-order valence-electron chi connectivity index (χ3n) is 6.81. The Balaban J connectivity index is 2.79. The van der Waals surface area contributed by atoms with Gasteiger partial charge in [0.05, 0.1) is 23.3 Å². The van der Waals surface area contributed by atoms with Gasteiger partial charge >= 0.3 is 0 Å². The van der Waals surface area contributed by atoms with Crippen molar-refractivity contribution in [3.63, 3.8) is 0 Å². The van der Waals surface area contributed by atoms with E-state index in [0.717, 1.165) is 59.1 Å². The number of ether oxygens (including phenoxy) is 2. The van der Waals surface area contributed by atoms with Crippen molar-refractivity contribution in [1.29, 1.82) is 0 Å². The van der Waals surface area contributed by atoms with E-state index in [9.17, 15) is 0 Å². The van der Waals surface area contributed by atoms with Crippen LogP contribution in [0.3, 0.4) is 0 Å². The highest BCUT2D eigenvalue weighted by Crippen LogP contribution is 2.29. The number of allylic oxidation sites excluding steroid dienone is 4. The van der Waals surface area contributed by atoms with Gasteiger partial charge in [-0.25, -0.2) is 0 Å². The first-order valence-corrected chi connectivity index (χ1v) is 13.5. The lowest BCUT2D eigenvalue weighted by Gasteiger charge is -2.33. The maximum Gasteiger partial charge on any atom is 0.180 e. The first kappa shape index (κ1) is 32.9. The summed E-state index contributed by atoms with van der Waals surface area (Å²) in [6.07, 6.45) is 3.46. The summed E-state index contributed by atoms with van der Waals surface area (Å²) < 4.78 is 12.1. The topological polar surface area (TPSA) is 42.5 Å². The molecule has 1 aromatic rings. The summed E-state index contributed by atoms with van der Waals surface area (Å²) in [7, 11) is 0. The number of benzene rings is 1. The maximum absolute atomic E-state index is 6.05. The highest BCUT2D eigenvalue weighted by Gasteiger charge is 2.27. The second-order valence-corrected chi connectivity index (χ2v) is 11.6. The SMILES string of the molecule is C=C(NC(C)(C)c1cccc(C(C)(C)NC(=C)OC(C)CCC(=C)C(=C)C)c1)OC(C)CCC(=C)C(=C)C. The normalized spacial score (nSPS) is 13.1. The molecule has 2 unspecified atom stereocenters. The summed E-state index contributed by atoms with van der Waals surface area (Å²) in [6.45, 7) is 40.8. The van der Waals surface area contributed by atoms with Gasteiger partial charge in [0, 0.05) is 0 Å². The summed E-state index contributed by atoms with van der Waals surface area (Å²) in [5, 5.41) is 6.92. The molecule has 38 heavy (non-hydrogen) atoms. The Bertz CT molecular complexity index is 965. The molecular weight excluding hydrogens is 468 g/mol. The zero-order valence-electron chi connectivity index (χ0n) is 25.4. The van der Waals surface area contributed by atoms with Crippen molar-refractivity contribution in [1.82, 2.24) is 10.6 Å². The Labute approximate surface area is 233 Å². The first-order valence-electron chi connectivity index (χ1n) is 13.5. The fourth-order valence-electron chi connectivity index (χ4n) is 3.98. The minimum Gasteiger partial charge on any atom is -0.477 e. The van der Waals surface area contributed by atoms with Crippen LogP contribution in [-0.2, 0) is 20.6 Å². The van der Waals surface area contributed by atoms with Gasteiger partial charge in [-0.05, 0) is 105 Å². The van der Waals surface area contributed by atoms with Crippen molar-refractivity contribution >= 4 is 0 Å². The van der Waals surface area contributed by atoms with Gasteiger partial charge in [0.1, 0.15) is 0 Å². The average molecular weight is 521 g/mol. The summed E-state index contributed by atoms with van der Waals surface area (Å²) in [5.74, 6) is 1.10. The number of hydrogen-bond donors (Lipinski definition) is 2. The van der Waals surface area contributed by atoms with Gasteiger partial charge < -0.3 is 20.1 Å². The molecule has 0 radical (unpaired) electrons. The van der Waals surface area contributed by atoms with E-state index in [-0.39, 0.29) is 12.2 Å². The molecule has 2 atom stereocenters. The van der Waals surface area contributed by atoms with Crippen molar-refractivity contribution in [2.75, 3.05) is 0 Å². The molecule has 0 amide bonds. The van der Waals surface area contributed by atoms with Gasteiger partial charge in [-0.1, -0.05) is 72.9 Å². The predicted molar refractivity (Wildman–Crippen MR) is 165 cm³/mol. The number of rotatable bonds is 18. The molecule has 0 heterocycles. The third kappa shape index (κ3) is 11.1.